The number of carbonyl (C=O) groups excluding carboxylic acids is 1. The minimum atomic E-state index is -0.118. The van der Waals surface area contributed by atoms with Crippen molar-refractivity contribution in [2.45, 2.75) is 25.8 Å². The van der Waals surface area contributed by atoms with Gasteiger partial charge in [-0.15, -0.1) is 11.3 Å². The standard InChI is InChI=1S/C12H19N3O2S/c1-8(13)12-15-10(7-18-12)11(16)14-6-9-2-4-17-5-3-9/h7-9H,2-6,13H2,1H3,(H,14,16). The summed E-state index contributed by atoms with van der Waals surface area (Å²) in [5, 5.41) is 5.49. The highest BCUT2D eigenvalue weighted by Crippen LogP contribution is 2.16. The largest absolute Gasteiger partial charge is 0.381 e. The molecule has 1 aromatic heterocycles. The number of rotatable bonds is 4. The molecule has 3 N–H and O–H groups in total. The van der Waals surface area contributed by atoms with Gasteiger partial charge in [-0.1, -0.05) is 0 Å². The third kappa shape index (κ3) is 3.51. The zero-order chi connectivity index (χ0) is 13.0. The minimum absolute atomic E-state index is 0.107. The number of thiazole rings is 1. The quantitative estimate of drug-likeness (QED) is 0.864. The molecular weight excluding hydrogens is 250 g/mol. The van der Waals surface area contributed by atoms with Crippen molar-refractivity contribution in [2.24, 2.45) is 11.7 Å². The van der Waals surface area contributed by atoms with Crippen LogP contribution in [0.3, 0.4) is 0 Å². The number of nitrogens with zero attached hydrogens (tertiary/aromatic N) is 1. The van der Waals surface area contributed by atoms with Gasteiger partial charge in [0.05, 0.1) is 6.04 Å². The molecule has 1 atom stereocenters. The molecule has 0 spiro atoms. The maximum absolute atomic E-state index is 11.9. The first-order valence-corrected chi connectivity index (χ1v) is 7.11. The molecule has 1 fully saturated rings. The van der Waals surface area contributed by atoms with Gasteiger partial charge in [0.1, 0.15) is 10.7 Å². The third-order valence-electron chi connectivity index (χ3n) is 3.04. The SMILES string of the molecule is CC(N)c1nc(C(=O)NCC2CCOCC2)cs1. The summed E-state index contributed by atoms with van der Waals surface area (Å²) in [5.74, 6) is 0.416. The van der Waals surface area contributed by atoms with E-state index in [2.05, 4.69) is 10.3 Å². The zero-order valence-corrected chi connectivity index (χ0v) is 11.3. The number of aromatic nitrogens is 1. The maximum Gasteiger partial charge on any atom is 0.270 e. The number of ether oxygens (including phenoxy) is 1. The number of amides is 1. The van der Waals surface area contributed by atoms with Crippen molar-refractivity contribution in [3.05, 3.63) is 16.1 Å². The van der Waals surface area contributed by atoms with Crippen molar-refractivity contribution in [3.8, 4) is 0 Å². The highest BCUT2D eigenvalue weighted by atomic mass is 32.1. The van der Waals surface area contributed by atoms with Crippen molar-refractivity contribution in [1.29, 1.82) is 0 Å². The third-order valence-corrected chi connectivity index (χ3v) is 4.08. The van der Waals surface area contributed by atoms with Crippen LogP contribution >= 0.6 is 11.3 Å². The van der Waals surface area contributed by atoms with Gasteiger partial charge >= 0.3 is 0 Å². The first-order valence-electron chi connectivity index (χ1n) is 6.23. The fraction of sp³-hybridized carbons (Fsp3) is 0.667. The number of hydrogen-bond donors (Lipinski definition) is 2. The highest BCUT2D eigenvalue weighted by Gasteiger charge is 2.17. The molecule has 6 heteroatoms. The van der Waals surface area contributed by atoms with Crippen molar-refractivity contribution in [3.63, 3.8) is 0 Å². The Morgan fingerprint density at radius 2 is 2.39 bits per heavy atom. The molecule has 0 saturated carbocycles. The van der Waals surface area contributed by atoms with Crippen molar-refractivity contribution in [1.82, 2.24) is 10.3 Å². The predicted octanol–water partition coefficient (Wildman–Crippen LogP) is 1.32. The average Bonchev–Trinajstić information content (AvgIpc) is 2.87. The molecule has 100 valence electrons. The van der Waals surface area contributed by atoms with Crippen LogP contribution in [0.4, 0.5) is 0 Å². The van der Waals surface area contributed by atoms with Crippen LogP contribution in [0.25, 0.3) is 0 Å². The zero-order valence-electron chi connectivity index (χ0n) is 10.5. The lowest BCUT2D eigenvalue weighted by Crippen LogP contribution is -2.32. The predicted molar refractivity (Wildman–Crippen MR) is 70.6 cm³/mol. The Morgan fingerprint density at radius 1 is 1.67 bits per heavy atom. The van der Waals surface area contributed by atoms with Gasteiger partial charge in [0, 0.05) is 25.1 Å². The van der Waals surface area contributed by atoms with Gasteiger partial charge in [0.25, 0.3) is 5.91 Å². The van der Waals surface area contributed by atoms with E-state index in [1.165, 1.54) is 11.3 Å². The molecule has 1 saturated heterocycles. The Kier molecular flexibility index (Phi) is 4.68. The summed E-state index contributed by atoms with van der Waals surface area (Å²) < 4.78 is 5.28. The molecule has 1 amide bonds. The van der Waals surface area contributed by atoms with E-state index in [9.17, 15) is 4.79 Å². The number of hydrogen-bond acceptors (Lipinski definition) is 5. The lowest BCUT2D eigenvalue weighted by Gasteiger charge is -2.21. The van der Waals surface area contributed by atoms with Gasteiger partial charge in [0.15, 0.2) is 0 Å². The monoisotopic (exact) mass is 269 g/mol. The van der Waals surface area contributed by atoms with Gasteiger partial charge in [-0.05, 0) is 25.7 Å². The normalized spacial score (nSPS) is 18.6. The molecule has 0 aromatic carbocycles. The van der Waals surface area contributed by atoms with Gasteiger partial charge < -0.3 is 15.8 Å². The number of nitrogens with one attached hydrogen (secondary N) is 1. The second-order valence-electron chi connectivity index (χ2n) is 4.63. The van der Waals surface area contributed by atoms with Crippen LogP contribution in [0.5, 0.6) is 0 Å². The first kappa shape index (κ1) is 13.5. The van der Waals surface area contributed by atoms with E-state index in [4.69, 9.17) is 10.5 Å². The summed E-state index contributed by atoms with van der Waals surface area (Å²) in [5.41, 5.74) is 6.19. The van der Waals surface area contributed by atoms with Crippen LogP contribution in [0.1, 0.15) is 41.3 Å². The van der Waals surface area contributed by atoms with Crippen molar-refractivity contribution in [2.75, 3.05) is 19.8 Å². The Hall–Kier alpha value is -0.980. The maximum atomic E-state index is 11.9. The molecular formula is C12H19N3O2S. The van der Waals surface area contributed by atoms with E-state index in [1.54, 1.807) is 5.38 Å². The van der Waals surface area contributed by atoms with Gasteiger partial charge in [-0.2, -0.15) is 0 Å². The lowest BCUT2D eigenvalue weighted by atomic mass is 10.0. The molecule has 2 heterocycles. The van der Waals surface area contributed by atoms with E-state index in [0.717, 1.165) is 31.1 Å². The highest BCUT2D eigenvalue weighted by molar-refractivity contribution is 7.09. The molecule has 0 bridgehead atoms. The molecule has 5 nitrogen and oxygen atoms in total. The van der Waals surface area contributed by atoms with Crippen molar-refractivity contribution >= 4 is 17.2 Å². The summed E-state index contributed by atoms with van der Waals surface area (Å²) in [6.45, 7) is 4.16. The summed E-state index contributed by atoms with van der Waals surface area (Å²) >= 11 is 1.43. The lowest BCUT2D eigenvalue weighted by molar-refractivity contribution is 0.0642. The molecule has 1 aromatic rings. The fourth-order valence-electron chi connectivity index (χ4n) is 1.88. The van der Waals surface area contributed by atoms with Crippen LogP contribution in [0, 0.1) is 5.92 Å². The first-order chi connectivity index (χ1) is 8.66. The van der Waals surface area contributed by atoms with Crippen LogP contribution in [-0.2, 0) is 4.74 Å². The summed E-state index contributed by atoms with van der Waals surface area (Å²) in [6, 6.07) is -0.118. The Morgan fingerprint density at radius 3 is 3.00 bits per heavy atom. The van der Waals surface area contributed by atoms with Crippen molar-refractivity contribution < 1.29 is 9.53 Å². The Balaban J connectivity index is 1.83. The summed E-state index contributed by atoms with van der Waals surface area (Å²) in [7, 11) is 0. The van der Waals surface area contributed by atoms with E-state index in [0.29, 0.717) is 18.2 Å². The second kappa shape index (κ2) is 6.26. The molecule has 18 heavy (non-hydrogen) atoms. The molecule has 2 rings (SSSR count). The molecule has 1 aliphatic heterocycles. The summed E-state index contributed by atoms with van der Waals surface area (Å²) in [4.78, 5) is 16.1. The smallest absolute Gasteiger partial charge is 0.270 e. The number of nitrogens with two attached hydrogens (primary N) is 1. The van der Waals surface area contributed by atoms with Crippen LogP contribution < -0.4 is 11.1 Å². The van der Waals surface area contributed by atoms with Crippen LogP contribution in [0.2, 0.25) is 0 Å². The molecule has 1 unspecified atom stereocenters. The molecule has 0 radical (unpaired) electrons. The Bertz CT molecular complexity index is 400. The Labute approximate surface area is 111 Å². The summed E-state index contributed by atoms with van der Waals surface area (Å²) in [6.07, 6.45) is 2.03. The average molecular weight is 269 g/mol. The molecule has 1 aliphatic rings. The van der Waals surface area contributed by atoms with E-state index in [-0.39, 0.29) is 11.9 Å². The minimum Gasteiger partial charge on any atom is -0.381 e. The van der Waals surface area contributed by atoms with Gasteiger partial charge in [-0.3, -0.25) is 4.79 Å². The number of carbonyl (C=O) groups is 1. The van der Waals surface area contributed by atoms with E-state index in [1.807, 2.05) is 6.92 Å². The van der Waals surface area contributed by atoms with Crippen LogP contribution in [0.15, 0.2) is 5.38 Å². The topological polar surface area (TPSA) is 77.2 Å². The van der Waals surface area contributed by atoms with E-state index >= 15 is 0 Å². The van der Waals surface area contributed by atoms with Gasteiger partial charge in [-0.25, -0.2) is 4.98 Å². The van der Waals surface area contributed by atoms with E-state index < -0.39 is 0 Å². The van der Waals surface area contributed by atoms with Crippen LogP contribution in [-0.4, -0.2) is 30.6 Å². The second-order valence-corrected chi connectivity index (χ2v) is 5.52. The van der Waals surface area contributed by atoms with Gasteiger partial charge in [0.2, 0.25) is 0 Å². The molecule has 0 aliphatic carbocycles. The fourth-order valence-corrected chi connectivity index (χ4v) is 2.64.